The molecular weight excluding hydrogens is 291 g/mol. The van der Waals surface area contributed by atoms with Crippen molar-refractivity contribution in [3.63, 3.8) is 0 Å². The number of nitrogens with two attached hydrogens (primary N) is 1. The van der Waals surface area contributed by atoms with Gasteiger partial charge >= 0.3 is 7.12 Å². The standard InChI is InChI=1S/C17H27BN2O3/c1-16(2)17(3,4)23-18(22-16)13-7-8-21-15(9-13)12(10-19)11-20-14-5-6-14/h9-11,14-15H,5-8,19H2,1-4H3/b12-10+,20-11?. The summed E-state index contributed by atoms with van der Waals surface area (Å²) in [6.45, 7) is 8.90. The molecule has 1 saturated carbocycles. The summed E-state index contributed by atoms with van der Waals surface area (Å²) in [6, 6.07) is 0.472. The molecule has 2 fully saturated rings. The Morgan fingerprint density at radius 1 is 1.26 bits per heavy atom. The lowest BCUT2D eigenvalue weighted by molar-refractivity contribution is 0.00578. The van der Waals surface area contributed by atoms with Gasteiger partial charge in [0.15, 0.2) is 0 Å². The number of aliphatic imine (C=N–C) groups is 1. The molecule has 1 unspecified atom stereocenters. The first-order chi connectivity index (χ1) is 10.8. The van der Waals surface area contributed by atoms with Gasteiger partial charge in [-0.2, -0.15) is 0 Å². The predicted molar refractivity (Wildman–Crippen MR) is 92.3 cm³/mol. The molecule has 5 nitrogen and oxygen atoms in total. The van der Waals surface area contributed by atoms with E-state index in [0.717, 1.165) is 17.5 Å². The van der Waals surface area contributed by atoms with E-state index in [1.165, 1.54) is 12.8 Å². The molecule has 0 aromatic rings. The summed E-state index contributed by atoms with van der Waals surface area (Å²) in [5.41, 5.74) is 7.13. The topological polar surface area (TPSA) is 66.1 Å². The lowest BCUT2D eigenvalue weighted by Crippen LogP contribution is -2.41. The maximum absolute atomic E-state index is 6.14. The molecular formula is C17H27BN2O3. The van der Waals surface area contributed by atoms with Gasteiger partial charge in [-0.25, -0.2) is 0 Å². The van der Waals surface area contributed by atoms with Crippen LogP contribution in [0.4, 0.5) is 0 Å². The molecule has 126 valence electrons. The average molecular weight is 318 g/mol. The Morgan fingerprint density at radius 3 is 2.48 bits per heavy atom. The van der Waals surface area contributed by atoms with Crippen LogP contribution in [-0.4, -0.2) is 43.3 Å². The van der Waals surface area contributed by atoms with Crippen molar-refractivity contribution in [2.75, 3.05) is 6.61 Å². The predicted octanol–water partition coefficient (Wildman–Crippen LogP) is 2.41. The quantitative estimate of drug-likeness (QED) is 0.638. The van der Waals surface area contributed by atoms with E-state index in [0.29, 0.717) is 12.6 Å². The van der Waals surface area contributed by atoms with Crippen molar-refractivity contribution in [3.8, 4) is 0 Å². The average Bonchev–Trinajstić information content (AvgIpc) is 3.27. The van der Waals surface area contributed by atoms with Crippen LogP contribution in [0, 0.1) is 0 Å². The Morgan fingerprint density at radius 2 is 1.91 bits per heavy atom. The molecule has 23 heavy (non-hydrogen) atoms. The van der Waals surface area contributed by atoms with Crippen LogP contribution in [0.1, 0.15) is 47.0 Å². The van der Waals surface area contributed by atoms with Gasteiger partial charge in [0.05, 0.1) is 23.9 Å². The minimum Gasteiger partial charge on any atom is -0.404 e. The van der Waals surface area contributed by atoms with Gasteiger partial charge in [-0.3, -0.25) is 4.99 Å². The Hall–Kier alpha value is -1.11. The fraction of sp³-hybridized carbons (Fsp3) is 0.706. The molecule has 0 spiro atoms. The smallest absolute Gasteiger partial charge is 0.404 e. The summed E-state index contributed by atoms with van der Waals surface area (Å²) in [5.74, 6) is 0. The van der Waals surface area contributed by atoms with Crippen molar-refractivity contribution in [2.45, 2.75) is 70.3 Å². The molecule has 1 atom stereocenters. The molecule has 0 radical (unpaired) electrons. The third-order valence-electron chi connectivity index (χ3n) is 5.11. The first-order valence-electron chi connectivity index (χ1n) is 8.45. The van der Waals surface area contributed by atoms with Crippen LogP contribution < -0.4 is 5.73 Å². The second-order valence-electron chi connectivity index (χ2n) is 7.55. The summed E-state index contributed by atoms with van der Waals surface area (Å²) in [5, 5.41) is 0. The number of rotatable bonds is 4. The lowest BCUT2D eigenvalue weighted by atomic mass is 9.74. The molecule has 0 aromatic heterocycles. The van der Waals surface area contributed by atoms with Gasteiger partial charge in [0.25, 0.3) is 0 Å². The van der Waals surface area contributed by atoms with Gasteiger partial charge in [-0.05, 0) is 52.4 Å². The first kappa shape index (κ1) is 16.7. The molecule has 2 heterocycles. The highest BCUT2D eigenvalue weighted by molar-refractivity contribution is 6.54. The molecule has 0 aromatic carbocycles. The zero-order valence-corrected chi connectivity index (χ0v) is 14.5. The van der Waals surface area contributed by atoms with Crippen LogP contribution >= 0.6 is 0 Å². The largest absolute Gasteiger partial charge is 0.490 e. The van der Waals surface area contributed by atoms with Crippen LogP contribution in [0.15, 0.2) is 28.3 Å². The minimum atomic E-state index is -0.327. The Balaban J connectivity index is 1.74. The van der Waals surface area contributed by atoms with Gasteiger partial charge < -0.3 is 19.8 Å². The number of nitrogens with zero attached hydrogens (tertiary/aromatic N) is 1. The third kappa shape index (κ3) is 3.54. The van der Waals surface area contributed by atoms with Crippen molar-refractivity contribution in [1.82, 2.24) is 0 Å². The van der Waals surface area contributed by atoms with Crippen molar-refractivity contribution in [3.05, 3.63) is 23.3 Å². The fourth-order valence-corrected chi connectivity index (χ4v) is 2.64. The molecule has 1 saturated heterocycles. The molecule has 0 amide bonds. The summed E-state index contributed by atoms with van der Waals surface area (Å²) in [6.07, 6.45) is 8.50. The maximum atomic E-state index is 6.14. The number of hydrogen-bond acceptors (Lipinski definition) is 5. The third-order valence-corrected chi connectivity index (χ3v) is 5.11. The lowest BCUT2D eigenvalue weighted by Gasteiger charge is -2.32. The van der Waals surface area contributed by atoms with Crippen molar-refractivity contribution < 1.29 is 14.0 Å². The van der Waals surface area contributed by atoms with Crippen molar-refractivity contribution in [1.29, 1.82) is 0 Å². The molecule has 3 aliphatic rings. The van der Waals surface area contributed by atoms with Crippen LogP contribution in [0.3, 0.4) is 0 Å². The van der Waals surface area contributed by atoms with E-state index in [2.05, 4.69) is 38.8 Å². The van der Waals surface area contributed by atoms with E-state index in [-0.39, 0.29) is 24.4 Å². The zero-order chi connectivity index (χ0) is 16.7. The van der Waals surface area contributed by atoms with Crippen molar-refractivity contribution in [2.24, 2.45) is 10.7 Å². The minimum absolute atomic E-state index is 0.176. The van der Waals surface area contributed by atoms with Gasteiger partial charge in [0.2, 0.25) is 0 Å². The molecule has 2 N–H and O–H groups in total. The van der Waals surface area contributed by atoms with Crippen LogP contribution in [0.2, 0.25) is 0 Å². The Labute approximate surface area is 139 Å². The van der Waals surface area contributed by atoms with E-state index in [1.807, 2.05) is 6.21 Å². The molecule has 3 rings (SSSR count). The van der Waals surface area contributed by atoms with Crippen molar-refractivity contribution >= 4 is 13.3 Å². The van der Waals surface area contributed by atoms with Crippen LogP contribution in [0.5, 0.6) is 0 Å². The first-order valence-corrected chi connectivity index (χ1v) is 8.45. The monoisotopic (exact) mass is 318 g/mol. The van der Waals surface area contributed by atoms with E-state index in [9.17, 15) is 0 Å². The Bertz CT molecular complexity index is 534. The normalized spacial score (nSPS) is 30.8. The van der Waals surface area contributed by atoms with Crippen LogP contribution in [0.25, 0.3) is 0 Å². The molecule has 1 aliphatic carbocycles. The summed E-state index contributed by atoms with van der Waals surface area (Å²) < 4.78 is 18.1. The molecule has 0 bridgehead atoms. The van der Waals surface area contributed by atoms with Gasteiger partial charge in [0.1, 0.15) is 6.10 Å². The van der Waals surface area contributed by atoms with Crippen LogP contribution in [-0.2, 0) is 14.0 Å². The number of ether oxygens (including phenoxy) is 1. The maximum Gasteiger partial charge on any atom is 0.490 e. The van der Waals surface area contributed by atoms with E-state index in [4.69, 9.17) is 19.8 Å². The second kappa shape index (κ2) is 6.08. The summed E-state index contributed by atoms with van der Waals surface area (Å²) in [7, 11) is -0.314. The highest BCUT2D eigenvalue weighted by Gasteiger charge is 2.52. The summed E-state index contributed by atoms with van der Waals surface area (Å²) >= 11 is 0. The van der Waals surface area contributed by atoms with E-state index >= 15 is 0 Å². The molecule has 2 aliphatic heterocycles. The highest BCUT2D eigenvalue weighted by Crippen LogP contribution is 2.39. The van der Waals surface area contributed by atoms with E-state index < -0.39 is 0 Å². The van der Waals surface area contributed by atoms with E-state index in [1.54, 1.807) is 6.20 Å². The highest BCUT2D eigenvalue weighted by atomic mass is 16.7. The second-order valence-corrected chi connectivity index (χ2v) is 7.55. The zero-order valence-electron chi connectivity index (χ0n) is 14.5. The number of hydrogen-bond donors (Lipinski definition) is 1. The summed E-state index contributed by atoms with van der Waals surface area (Å²) in [4.78, 5) is 4.51. The SMILES string of the molecule is CC1(C)OB(C2=CC(/C(C=NC3CC3)=C/N)OCC2)OC1(C)C. The van der Waals surface area contributed by atoms with Gasteiger partial charge in [-0.15, -0.1) is 0 Å². The Kier molecular flexibility index (Phi) is 4.42. The fourth-order valence-electron chi connectivity index (χ4n) is 2.64. The molecule has 6 heteroatoms. The van der Waals surface area contributed by atoms with Gasteiger partial charge in [-0.1, -0.05) is 6.08 Å². The van der Waals surface area contributed by atoms with Gasteiger partial charge in [0, 0.05) is 18.0 Å².